The van der Waals surface area contributed by atoms with Gasteiger partial charge in [0, 0.05) is 5.56 Å². The summed E-state index contributed by atoms with van der Waals surface area (Å²) in [6.07, 6.45) is 0. The zero-order valence-corrected chi connectivity index (χ0v) is 17.5. The van der Waals surface area contributed by atoms with Crippen molar-refractivity contribution in [2.45, 2.75) is 5.03 Å². The number of amides is 1. The fourth-order valence-corrected chi connectivity index (χ4v) is 3.70. The van der Waals surface area contributed by atoms with Gasteiger partial charge in [0.25, 0.3) is 0 Å². The Labute approximate surface area is 184 Å². The molecule has 0 unspecified atom stereocenters. The lowest BCUT2D eigenvalue weighted by Crippen LogP contribution is -2.14. The van der Waals surface area contributed by atoms with Crippen LogP contribution >= 0.6 is 23.4 Å². The van der Waals surface area contributed by atoms with Crippen LogP contribution in [0.3, 0.4) is 0 Å². The van der Waals surface area contributed by atoms with E-state index in [0.717, 1.165) is 16.8 Å². The molecule has 0 fully saturated rings. The minimum atomic E-state index is -0.143. The van der Waals surface area contributed by atoms with Crippen LogP contribution in [-0.2, 0) is 4.79 Å². The second-order valence-corrected chi connectivity index (χ2v) is 7.92. The number of rotatable bonds is 6. The van der Waals surface area contributed by atoms with Crippen molar-refractivity contribution in [2.24, 2.45) is 0 Å². The maximum atomic E-state index is 12.1. The second kappa shape index (κ2) is 9.57. The van der Waals surface area contributed by atoms with E-state index in [-0.39, 0.29) is 11.7 Å². The standard InChI is InChI=1S/C24H18ClN3OS/c25-20-8-4-5-9-22(20)26-23(29)16-30-24-15-14-21(27-28-24)19-12-10-18(11-13-19)17-6-2-1-3-7-17/h1-15H,16H2,(H,26,29). The van der Waals surface area contributed by atoms with Gasteiger partial charge in [0.2, 0.25) is 5.91 Å². The number of para-hydroxylation sites is 1. The molecule has 0 bridgehead atoms. The van der Waals surface area contributed by atoms with E-state index in [1.165, 1.54) is 17.3 Å². The van der Waals surface area contributed by atoms with Crippen molar-refractivity contribution in [1.82, 2.24) is 10.2 Å². The first kappa shape index (κ1) is 20.1. The highest BCUT2D eigenvalue weighted by molar-refractivity contribution is 7.99. The summed E-state index contributed by atoms with van der Waals surface area (Å²) in [5.74, 6) is 0.0841. The second-order valence-electron chi connectivity index (χ2n) is 6.52. The molecule has 4 rings (SSSR count). The molecule has 0 saturated heterocycles. The molecule has 0 saturated carbocycles. The number of benzene rings is 3. The van der Waals surface area contributed by atoms with E-state index < -0.39 is 0 Å². The average molecular weight is 432 g/mol. The van der Waals surface area contributed by atoms with Crippen molar-refractivity contribution >= 4 is 35.0 Å². The van der Waals surface area contributed by atoms with Crippen molar-refractivity contribution < 1.29 is 4.79 Å². The number of carbonyl (C=O) groups excluding carboxylic acids is 1. The van der Waals surface area contributed by atoms with Crippen molar-refractivity contribution in [1.29, 1.82) is 0 Å². The van der Waals surface area contributed by atoms with Gasteiger partial charge < -0.3 is 5.32 Å². The van der Waals surface area contributed by atoms with E-state index in [2.05, 4.69) is 39.8 Å². The van der Waals surface area contributed by atoms with Gasteiger partial charge in [0.15, 0.2) is 0 Å². The van der Waals surface area contributed by atoms with Crippen molar-refractivity contribution in [3.63, 3.8) is 0 Å². The normalized spacial score (nSPS) is 10.6. The first-order valence-electron chi connectivity index (χ1n) is 9.36. The Morgan fingerprint density at radius 1 is 0.767 bits per heavy atom. The topological polar surface area (TPSA) is 54.9 Å². The predicted octanol–water partition coefficient (Wildman–Crippen LogP) is 6.19. The predicted molar refractivity (Wildman–Crippen MR) is 124 cm³/mol. The molecule has 4 aromatic rings. The molecule has 6 heteroatoms. The molecule has 0 aliphatic carbocycles. The molecule has 0 aliphatic heterocycles. The summed E-state index contributed by atoms with van der Waals surface area (Å²) in [7, 11) is 0. The third kappa shape index (κ3) is 5.06. The number of aromatic nitrogens is 2. The summed E-state index contributed by atoms with van der Waals surface area (Å²) in [5, 5.41) is 12.5. The summed E-state index contributed by atoms with van der Waals surface area (Å²) >= 11 is 7.39. The number of nitrogens with one attached hydrogen (secondary N) is 1. The molecule has 30 heavy (non-hydrogen) atoms. The molecule has 0 aliphatic rings. The third-order valence-electron chi connectivity index (χ3n) is 4.43. The lowest BCUT2D eigenvalue weighted by atomic mass is 10.0. The summed E-state index contributed by atoms with van der Waals surface area (Å²) in [6.45, 7) is 0. The van der Waals surface area contributed by atoms with Gasteiger partial charge in [0.1, 0.15) is 5.03 Å². The lowest BCUT2D eigenvalue weighted by Gasteiger charge is -2.07. The van der Waals surface area contributed by atoms with Crippen molar-refractivity contribution in [3.05, 3.63) is 96.0 Å². The van der Waals surface area contributed by atoms with Gasteiger partial charge in [-0.15, -0.1) is 10.2 Å². The van der Waals surface area contributed by atoms with Crippen LogP contribution < -0.4 is 5.32 Å². The Morgan fingerprint density at radius 3 is 2.13 bits per heavy atom. The monoisotopic (exact) mass is 431 g/mol. The maximum absolute atomic E-state index is 12.1. The van der Waals surface area contributed by atoms with Crippen LogP contribution in [0.25, 0.3) is 22.4 Å². The van der Waals surface area contributed by atoms with Crippen LogP contribution in [0.15, 0.2) is 96.0 Å². The third-order valence-corrected chi connectivity index (χ3v) is 5.68. The van der Waals surface area contributed by atoms with Crippen LogP contribution in [-0.4, -0.2) is 21.9 Å². The Morgan fingerprint density at radius 2 is 1.43 bits per heavy atom. The first-order valence-corrected chi connectivity index (χ1v) is 10.7. The molecular formula is C24H18ClN3OS. The Hall–Kier alpha value is -3.15. The van der Waals surface area contributed by atoms with Crippen LogP contribution in [0.2, 0.25) is 5.02 Å². The van der Waals surface area contributed by atoms with Gasteiger partial charge >= 0.3 is 0 Å². The quantitative estimate of drug-likeness (QED) is 0.369. The van der Waals surface area contributed by atoms with E-state index in [1.54, 1.807) is 12.1 Å². The zero-order valence-electron chi connectivity index (χ0n) is 16.0. The Bertz CT molecular complexity index is 1130. The van der Waals surface area contributed by atoms with Gasteiger partial charge in [0.05, 0.1) is 22.2 Å². The largest absolute Gasteiger partial charge is 0.324 e. The summed E-state index contributed by atoms with van der Waals surface area (Å²) in [4.78, 5) is 12.1. The van der Waals surface area contributed by atoms with Crippen molar-refractivity contribution in [3.8, 4) is 22.4 Å². The molecule has 0 atom stereocenters. The number of hydrogen-bond acceptors (Lipinski definition) is 4. The van der Waals surface area contributed by atoms with E-state index in [4.69, 9.17) is 11.6 Å². The highest BCUT2D eigenvalue weighted by Gasteiger charge is 2.08. The van der Waals surface area contributed by atoms with Crippen LogP contribution in [0.4, 0.5) is 5.69 Å². The molecular weight excluding hydrogens is 414 g/mol. The van der Waals surface area contributed by atoms with Gasteiger partial charge in [-0.3, -0.25) is 4.79 Å². The van der Waals surface area contributed by atoms with Gasteiger partial charge in [-0.05, 0) is 35.4 Å². The minimum absolute atomic E-state index is 0.143. The first-order chi connectivity index (χ1) is 14.7. The van der Waals surface area contributed by atoms with Gasteiger partial charge in [-0.2, -0.15) is 0 Å². The van der Waals surface area contributed by atoms with E-state index in [1.807, 2.05) is 54.6 Å². The summed E-state index contributed by atoms with van der Waals surface area (Å²) in [5.41, 5.74) is 4.72. The number of halogens is 1. The van der Waals surface area contributed by atoms with Crippen LogP contribution in [0.5, 0.6) is 0 Å². The molecule has 0 radical (unpaired) electrons. The SMILES string of the molecule is O=C(CSc1ccc(-c2ccc(-c3ccccc3)cc2)nn1)Nc1ccccc1Cl. The number of hydrogen-bond donors (Lipinski definition) is 1. The van der Waals surface area contributed by atoms with Crippen LogP contribution in [0, 0.1) is 0 Å². The molecule has 1 aromatic heterocycles. The fourth-order valence-electron chi connectivity index (χ4n) is 2.90. The Kier molecular flexibility index (Phi) is 6.42. The van der Waals surface area contributed by atoms with Crippen molar-refractivity contribution in [2.75, 3.05) is 11.1 Å². The molecule has 1 amide bonds. The van der Waals surface area contributed by atoms with Gasteiger partial charge in [-0.25, -0.2) is 0 Å². The average Bonchev–Trinajstić information content (AvgIpc) is 2.80. The smallest absolute Gasteiger partial charge is 0.234 e. The van der Waals surface area contributed by atoms with E-state index in [9.17, 15) is 4.79 Å². The molecule has 148 valence electrons. The Balaban J connectivity index is 1.36. The summed E-state index contributed by atoms with van der Waals surface area (Å²) < 4.78 is 0. The maximum Gasteiger partial charge on any atom is 0.234 e. The number of carbonyl (C=O) groups is 1. The number of thioether (sulfide) groups is 1. The van der Waals surface area contributed by atoms with E-state index in [0.29, 0.717) is 15.7 Å². The highest BCUT2D eigenvalue weighted by atomic mass is 35.5. The molecule has 1 N–H and O–H groups in total. The zero-order chi connectivity index (χ0) is 20.8. The number of anilines is 1. The lowest BCUT2D eigenvalue weighted by molar-refractivity contribution is -0.113. The minimum Gasteiger partial charge on any atom is -0.324 e. The molecule has 3 aromatic carbocycles. The highest BCUT2D eigenvalue weighted by Crippen LogP contribution is 2.25. The molecule has 0 spiro atoms. The molecule has 1 heterocycles. The van der Waals surface area contributed by atoms with E-state index >= 15 is 0 Å². The van der Waals surface area contributed by atoms with Crippen LogP contribution in [0.1, 0.15) is 0 Å². The molecule has 4 nitrogen and oxygen atoms in total. The van der Waals surface area contributed by atoms with Gasteiger partial charge in [-0.1, -0.05) is 90.1 Å². The fraction of sp³-hybridized carbons (Fsp3) is 0.0417. The number of nitrogens with zero attached hydrogens (tertiary/aromatic N) is 2. The summed E-state index contributed by atoms with van der Waals surface area (Å²) in [6, 6.07) is 29.4.